The van der Waals surface area contributed by atoms with E-state index in [1.54, 1.807) is 6.07 Å². The third-order valence-corrected chi connectivity index (χ3v) is 9.47. The summed E-state index contributed by atoms with van der Waals surface area (Å²) in [6, 6.07) is 6.06. The number of fused-ring (bicyclic) bond motifs is 1. The third kappa shape index (κ3) is 5.65. The first kappa shape index (κ1) is 27.6. The van der Waals surface area contributed by atoms with Crippen molar-refractivity contribution < 1.29 is 8.42 Å². The Hall–Kier alpha value is -1.98. The molecular formula is C26H35Cl2N7O2S. The quantitative estimate of drug-likeness (QED) is 0.441. The van der Waals surface area contributed by atoms with Crippen LogP contribution in [0.25, 0.3) is 11.2 Å². The smallest absolute Gasteiger partial charge is 0.209 e. The second-order valence-corrected chi connectivity index (χ2v) is 13.3. The highest BCUT2D eigenvalue weighted by molar-refractivity contribution is 7.89. The molecule has 2 aliphatic rings. The van der Waals surface area contributed by atoms with E-state index < -0.39 is 10.0 Å². The minimum Gasteiger partial charge on any atom is -0.355 e. The molecule has 0 aliphatic carbocycles. The molecule has 0 bridgehead atoms. The van der Waals surface area contributed by atoms with Gasteiger partial charge in [-0.15, -0.1) is 0 Å². The Morgan fingerprint density at radius 3 is 2.71 bits per heavy atom. The summed E-state index contributed by atoms with van der Waals surface area (Å²) in [4.78, 5) is 14.6. The van der Waals surface area contributed by atoms with Gasteiger partial charge in [0.1, 0.15) is 11.3 Å². The topological polar surface area (TPSA) is 110 Å². The number of nitrogens with zero attached hydrogens (tertiary/aromatic N) is 6. The summed E-state index contributed by atoms with van der Waals surface area (Å²) < 4.78 is 25.0. The van der Waals surface area contributed by atoms with Crippen LogP contribution in [-0.4, -0.2) is 70.5 Å². The first-order valence-corrected chi connectivity index (χ1v) is 15.7. The Bertz CT molecular complexity index is 1430. The first-order chi connectivity index (χ1) is 18.0. The standard InChI is InChI=1S/C26H35Cl2N7O2S/c1-16-15-33(11-8-23(16)34-10-4-5-20(34)9-12-38(29,36)37)24-14-30-25-17(2)32-35(26(25)31-24)18(3)21-7-6-19(27)13-22(21)28/h6-7,13-14,16,18,20,23H,4-5,8-12,15H2,1-3H3,(H2,29,36,37)/t16-,18+,20-,23+/m0/s1. The number of hydrogen-bond donors (Lipinski definition) is 1. The molecule has 12 heteroatoms. The second kappa shape index (κ2) is 10.9. The van der Waals surface area contributed by atoms with Crippen LogP contribution in [-0.2, 0) is 10.0 Å². The molecule has 0 saturated carbocycles. The van der Waals surface area contributed by atoms with E-state index in [0.29, 0.717) is 28.4 Å². The fourth-order valence-electron chi connectivity index (χ4n) is 6.18. The van der Waals surface area contributed by atoms with Crippen molar-refractivity contribution in [1.29, 1.82) is 0 Å². The lowest BCUT2D eigenvalue weighted by Crippen LogP contribution is -2.52. The van der Waals surface area contributed by atoms with Crippen LogP contribution in [0.4, 0.5) is 5.82 Å². The van der Waals surface area contributed by atoms with Crippen molar-refractivity contribution in [2.24, 2.45) is 11.1 Å². The van der Waals surface area contributed by atoms with Crippen LogP contribution in [0.15, 0.2) is 24.4 Å². The Labute approximate surface area is 234 Å². The normalized spacial score (nSPS) is 23.8. The van der Waals surface area contributed by atoms with E-state index in [4.69, 9.17) is 43.4 Å². The van der Waals surface area contributed by atoms with Crippen molar-refractivity contribution in [2.45, 2.75) is 64.6 Å². The van der Waals surface area contributed by atoms with Crippen LogP contribution < -0.4 is 10.0 Å². The maximum absolute atomic E-state index is 11.5. The average Bonchev–Trinajstić information content (AvgIpc) is 3.46. The van der Waals surface area contributed by atoms with Gasteiger partial charge >= 0.3 is 0 Å². The zero-order valence-electron chi connectivity index (χ0n) is 22.0. The summed E-state index contributed by atoms with van der Waals surface area (Å²) in [6.45, 7) is 9.00. The van der Waals surface area contributed by atoms with Gasteiger partial charge in [0.25, 0.3) is 0 Å². The first-order valence-electron chi connectivity index (χ1n) is 13.2. The monoisotopic (exact) mass is 579 g/mol. The molecule has 0 spiro atoms. The lowest BCUT2D eigenvalue weighted by molar-refractivity contribution is 0.113. The van der Waals surface area contributed by atoms with Crippen LogP contribution in [0, 0.1) is 12.8 Å². The molecule has 38 heavy (non-hydrogen) atoms. The Balaban J connectivity index is 1.35. The van der Waals surface area contributed by atoms with Gasteiger partial charge in [-0.3, -0.25) is 4.90 Å². The van der Waals surface area contributed by atoms with Crippen LogP contribution >= 0.6 is 23.2 Å². The molecular weight excluding hydrogens is 545 g/mol. The van der Waals surface area contributed by atoms with Gasteiger partial charge in [-0.25, -0.2) is 28.2 Å². The summed E-state index contributed by atoms with van der Waals surface area (Å²) >= 11 is 12.6. The fourth-order valence-corrected chi connectivity index (χ4v) is 7.34. The SMILES string of the molecule is Cc1nn([C@H](C)c2ccc(Cl)cc2Cl)c2nc(N3CC[C@@H](N4CCC[C@H]4CCS(N)(=O)=O)[C@@H](C)C3)cnc12. The zero-order valence-corrected chi connectivity index (χ0v) is 24.3. The van der Waals surface area contributed by atoms with E-state index in [0.717, 1.165) is 67.1 Å². The van der Waals surface area contributed by atoms with E-state index in [-0.39, 0.29) is 17.8 Å². The number of likely N-dealkylation sites (tertiary alicyclic amines) is 1. The zero-order chi connectivity index (χ0) is 27.2. The van der Waals surface area contributed by atoms with Gasteiger partial charge < -0.3 is 4.90 Å². The van der Waals surface area contributed by atoms with Gasteiger partial charge in [-0.2, -0.15) is 5.10 Å². The fraction of sp³-hybridized carbons (Fsp3) is 0.577. The molecule has 206 valence electrons. The van der Waals surface area contributed by atoms with Crippen LogP contribution in [0.5, 0.6) is 0 Å². The molecule has 2 N–H and O–H groups in total. The minimum absolute atomic E-state index is 0.0454. The van der Waals surface area contributed by atoms with Gasteiger partial charge in [0.05, 0.1) is 23.7 Å². The van der Waals surface area contributed by atoms with Crippen LogP contribution in [0.3, 0.4) is 0 Å². The second-order valence-electron chi connectivity index (χ2n) is 10.7. The molecule has 3 aromatic rings. The molecule has 1 aromatic carbocycles. The number of piperidine rings is 1. The number of aryl methyl sites for hydroxylation is 1. The molecule has 0 amide bonds. The lowest BCUT2D eigenvalue weighted by atomic mass is 9.91. The van der Waals surface area contributed by atoms with Crippen molar-refractivity contribution in [3.05, 3.63) is 45.7 Å². The van der Waals surface area contributed by atoms with Crippen molar-refractivity contribution in [3.8, 4) is 0 Å². The number of halogens is 2. The largest absolute Gasteiger partial charge is 0.355 e. The summed E-state index contributed by atoms with van der Waals surface area (Å²) in [5.41, 5.74) is 3.26. The molecule has 2 fully saturated rings. The Morgan fingerprint density at radius 1 is 1.21 bits per heavy atom. The molecule has 5 rings (SSSR count). The lowest BCUT2D eigenvalue weighted by Gasteiger charge is -2.43. The van der Waals surface area contributed by atoms with Gasteiger partial charge in [0.15, 0.2) is 5.65 Å². The van der Waals surface area contributed by atoms with Crippen molar-refractivity contribution in [3.63, 3.8) is 0 Å². The predicted molar refractivity (Wildman–Crippen MR) is 152 cm³/mol. The number of sulfonamides is 1. The molecule has 0 unspecified atom stereocenters. The number of rotatable bonds is 7. The van der Waals surface area contributed by atoms with Crippen LogP contribution in [0.1, 0.15) is 56.8 Å². The predicted octanol–water partition coefficient (Wildman–Crippen LogP) is 4.41. The van der Waals surface area contributed by atoms with E-state index in [9.17, 15) is 8.42 Å². The van der Waals surface area contributed by atoms with Crippen LogP contribution in [0.2, 0.25) is 10.0 Å². The molecule has 2 aromatic heterocycles. The summed E-state index contributed by atoms with van der Waals surface area (Å²) in [6.07, 6.45) is 5.57. The van der Waals surface area contributed by atoms with Crippen molar-refractivity contribution >= 4 is 50.2 Å². The van der Waals surface area contributed by atoms with Crippen molar-refractivity contribution in [2.75, 3.05) is 30.3 Å². The number of benzene rings is 1. The maximum atomic E-state index is 11.5. The van der Waals surface area contributed by atoms with E-state index in [1.807, 2.05) is 36.9 Å². The summed E-state index contributed by atoms with van der Waals surface area (Å²) in [5.74, 6) is 1.28. The van der Waals surface area contributed by atoms with Gasteiger partial charge in [-0.05, 0) is 69.7 Å². The van der Waals surface area contributed by atoms with Gasteiger partial charge in [-0.1, -0.05) is 36.2 Å². The number of nitrogens with two attached hydrogens (primary N) is 1. The maximum Gasteiger partial charge on any atom is 0.209 e. The Morgan fingerprint density at radius 2 is 2.00 bits per heavy atom. The molecule has 4 atom stereocenters. The average molecular weight is 581 g/mol. The molecule has 4 heterocycles. The minimum atomic E-state index is -3.44. The summed E-state index contributed by atoms with van der Waals surface area (Å²) in [5, 5.41) is 11.2. The number of anilines is 1. The van der Waals surface area contributed by atoms with Gasteiger partial charge in [0.2, 0.25) is 10.0 Å². The number of hydrogen-bond acceptors (Lipinski definition) is 7. The number of primary sulfonamides is 1. The molecule has 2 aliphatic heterocycles. The third-order valence-electron chi connectivity index (χ3n) is 8.11. The highest BCUT2D eigenvalue weighted by atomic mass is 35.5. The van der Waals surface area contributed by atoms with E-state index in [1.165, 1.54) is 0 Å². The molecule has 0 radical (unpaired) electrons. The van der Waals surface area contributed by atoms with E-state index in [2.05, 4.69) is 16.7 Å². The van der Waals surface area contributed by atoms with E-state index >= 15 is 0 Å². The molecule has 9 nitrogen and oxygen atoms in total. The van der Waals surface area contributed by atoms with Crippen molar-refractivity contribution in [1.82, 2.24) is 24.6 Å². The highest BCUT2D eigenvalue weighted by Crippen LogP contribution is 2.34. The Kier molecular flexibility index (Phi) is 7.90. The molecule has 2 saturated heterocycles. The highest BCUT2D eigenvalue weighted by Gasteiger charge is 2.37. The van der Waals surface area contributed by atoms with Gasteiger partial charge in [0, 0.05) is 35.2 Å². The number of aromatic nitrogens is 4. The summed E-state index contributed by atoms with van der Waals surface area (Å²) in [7, 11) is -3.44.